The predicted molar refractivity (Wildman–Crippen MR) is 211 cm³/mol. The number of carbonyl (C=O) groups is 3. The number of rotatable bonds is 34. The smallest absolute Gasteiger partial charge is 0.323 e. The molecule has 0 saturated carbocycles. The first-order valence-electron chi connectivity index (χ1n) is 19.5. The third-order valence-electron chi connectivity index (χ3n) is 8.30. The number of carbonyl (C=O) groups excluding carboxylic acids is 2. The van der Waals surface area contributed by atoms with Crippen LogP contribution in [0.1, 0.15) is 143 Å². The standard InChI is InChI=1S/C41H71NO8S/c1-4-5-6-7-8-9-10-11-14-17-20-23-28-38(37(44)27-25-29-39(45)46)51-33-36(42)41(48)49-32-35(31-43)50-40(47)30-24-21-18-15-12-13-16-19-22-26-34(2)3/h8-9,11,14,17,20,23,28,34-38,43-44H,4-7,10,12-13,15-16,18-19,21-22,24-27,29-33,42H2,1-3H3,(H,45,46)/b9-8-,14-11-,20-17+,28-23+/t35-,36-,37-,38+/m0/s1. The van der Waals surface area contributed by atoms with Gasteiger partial charge in [-0.3, -0.25) is 14.4 Å². The number of carboxylic acids is 1. The molecule has 5 N–H and O–H groups in total. The molecule has 0 unspecified atom stereocenters. The fourth-order valence-corrected chi connectivity index (χ4v) is 6.30. The minimum Gasteiger partial charge on any atom is -0.481 e. The van der Waals surface area contributed by atoms with Gasteiger partial charge in [-0.2, -0.15) is 0 Å². The average Bonchev–Trinajstić information content (AvgIpc) is 3.09. The molecule has 0 radical (unpaired) electrons. The number of thioether (sulfide) groups is 1. The molecule has 4 atom stereocenters. The molecular formula is C41H71NO8S. The zero-order valence-electron chi connectivity index (χ0n) is 31.9. The van der Waals surface area contributed by atoms with Crippen LogP contribution in [-0.4, -0.2) is 75.7 Å². The molecule has 10 heteroatoms. The number of nitrogens with two attached hydrogens (primary N) is 1. The van der Waals surface area contributed by atoms with E-state index in [-0.39, 0.29) is 31.6 Å². The first-order chi connectivity index (χ1) is 24.6. The summed E-state index contributed by atoms with van der Waals surface area (Å²) >= 11 is 1.27. The van der Waals surface area contributed by atoms with Gasteiger partial charge < -0.3 is 30.5 Å². The van der Waals surface area contributed by atoms with E-state index in [4.69, 9.17) is 20.3 Å². The second kappa shape index (κ2) is 34.7. The van der Waals surface area contributed by atoms with E-state index >= 15 is 0 Å². The van der Waals surface area contributed by atoms with Gasteiger partial charge in [0.05, 0.1) is 12.7 Å². The van der Waals surface area contributed by atoms with Crippen molar-refractivity contribution in [2.45, 2.75) is 166 Å². The van der Waals surface area contributed by atoms with Crippen molar-refractivity contribution in [2.24, 2.45) is 11.7 Å². The van der Waals surface area contributed by atoms with Crippen LogP contribution in [0, 0.1) is 5.92 Å². The van der Waals surface area contributed by atoms with E-state index in [1.54, 1.807) is 0 Å². The summed E-state index contributed by atoms with van der Waals surface area (Å²) in [5, 5.41) is 29.0. The Bertz CT molecular complexity index is 996. The molecule has 0 saturated heterocycles. The highest BCUT2D eigenvalue weighted by molar-refractivity contribution is 8.00. The number of hydrogen-bond acceptors (Lipinski definition) is 9. The van der Waals surface area contributed by atoms with Gasteiger partial charge in [0.25, 0.3) is 0 Å². The van der Waals surface area contributed by atoms with Crippen molar-refractivity contribution < 1.29 is 39.2 Å². The first-order valence-corrected chi connectivity index (χ1v) is 20.5. The number of allylic oxidation sites excluding steroid dienone is 7. The van der Waals surface area contributed by atoms with Gasteiger partial charge in [-0.05, 0) is 44.4 Å². The van der Waals surface area contributed by atoms with Crippen LogP contribution in [0.2, 0.25) is 0 Å². The third-order valence-corrected chi connectivity index (χ3v) is 9.71. The van der Waals surface area contributed by atoms with E-state index in [0.717, 1.165) is 31.6 Å². The maximum atomic E-state index is 12.6. The van der Waals surface area contributed by atoms with Gasteiger partial charge in [-0.15, -0.1) is 11.8 Å². The molecule has 0 aliphatic rings. The van der Waals surface area contributed by atoms with Gasteiger partial charge in [0, 0.05) is 23.8 Å². The number of hydrogen-bond donors (Lipinski definition) is 4. The van der Waals surface area contributed by atoms with E-state index in [1.807, 2.05) is 30.4 Å². The molecular weight excluding hydrogens is 667 g/mol. The Hall–Kier alpha value is -2.40. The van der Waals surface area contributed by atoms with Gasteiger partial charge in [0.2, 0.25) is 0 Å². The van der Waals surface area contributed by atoms with Gasteiger partial charge in [-0.1, -0.05) is 140 Å². The van der Waals surface area contributed by atoms with Crippen LogP contribution in [0.25, 0.3) is 0 Å². The Morgan fingerprint density at radius 3 is 2.10 bits per heavy atom. The highest BCUT2D eigenvalue weighted by Crippen LogP contribution is 2.22. The number of aliphatic hydroxyl groups excluding tert-OH is 2. The number of esters is 2. The molecule has 9 nitrogen and oxygen atoms in total. The molecule has 0 amide bonds. The van der Waals surface area contributed by atoms with Crippen LogP contribution >= 0.6 is 11.8 Å². The minimum atomic E-state index is -1.01. The number of carboxylic acid groups (broad SMARTS) is 1. The Morgan fingerprint density at radius 2 is 1.45 bits per heavy atom. The molecule has 0 rings (SSSR count). The van der Waals surface area contributed by atoms with Gasteiger partial charge in [0.15, 0.2) is 6.10 Å². The van der Waals surface area contributed by atoms with Crippen LogP contribution in [0.15, 0.2) is 48.6 Å². The first kappa shape index (κ1) is 48.6. The lowest BCUT2D eigenvalue weighted by Crippen LogP contribution is -2.38. The van der Waals surface area contributed by atoms with Crippen molar-refractivity contribution in [2.75, 3.05) is 19.0 Å². The number of ether oxygens (including phenoxy) is 2. The van der Waals surface area contributed by atoms with Crippen molar-refractivity contribution >= 4 is 29.7 Å². The predicted octanol–water partition coefficient (Wildman–Crippen LogP) is 8.62. The highest BCUT2D eigenvalue weighted by Gasteiger charge is 2.23. The van der Waals surface area contributed by atoms with E-state index in [1.165, 1.54) is 76.0 Å². The van der Waals surface area contributed by atoms with Crippen LogP contribution in [0.4, 0.5) is 0 Å². The van der Waals surface area contributed by atoms with Crippen molar-refractivity contribution in [1.82, 2.24) is 0 Å². The molecule has 0 heterocycles. The van der Waals surface area contributed by atoms with Crippen LogP contribution in [-0.2, 0) is 23.9 Å². The summed E-state index contributed by atoms with van der Waals surface area (Å²) in [6.45, 7) is 5.95. The lowest BCUT2D eigenvalue weighted by molar-refractivity contribution is -0.161. The zero-order valence-corrected chi connectivity index (χ0v) is 32.7. The van der Waals surface area contributed by atoms with Crippen molar-refractivity contribution in [1.29, 1.82) is 0 Å². The summed E-state index contributed by atoms with van der Waals surface area (Å²) in [4.78, 5) is 35.8. The van der Waals surface area contributed by atoms with Gasteiger partial charge in [-0.25, -0.2) is 0 Å². The van der Waals surface area contributed by atoms with Crippen molar-refractivity contribution in [3.63, 3.8) is 0 Å². The third kappa shape index (κ3) is 32.0. The Kier molecular flexibility index (Phi) is 33.0. The number of unbranched alkanes of at least 4 members (excludes halogenated alkanes) is 11. The molecule has 0 fully saturated rings. The molecule has 0 bridgehead atoms. The van der Waals surface area contributed by atoms with Crippen molar-refractivity contribution in [3.05, 3.63) is 48.6 Å². The second-order valence-corrected chi connectivity index (χ2v) is 14.9. The summed E-state index contributed by atoms with van der Waals surface area (Å²) in [5.41, 5.74) is 6.08. The molecule has 0 aliphatic heterocycles. The molecule has 0 aliphatic carbocycles. The van der Waals surface area contributed by atoms with Crippen LogP contribution < -0.4 is 5.73 Å². The number of aliphatic hydroxyl groups is 2. The van der Waals surface area contributed by atoms with Crippen molar-refractivity contribution in [3.8, 4) is 0 Å². The molecule has 0 aromatic rings. The molecule has 0 aromatic heterocycles. The van der Waals surface area contributed by atoms with E-state index in [2.05, 4.69) is 39.0 Å². The topological polar surface area (TPSA) is 156 Å². The fourth-order valence-electron chi connectivity index (χ4n) is 5.18. The molecule has 294 valence electrons. The highest BCUT2D eigenvalue weighted by atomic mass is 32.2. The summed E-state index contributed by atoms with van der Waals surface area (Å²) < 4.78 is 10.6. The van der Waals surface area contributed by atoms with E-state index < -0.39 is 48.0 Å². The van der Waals surface area contributed by atoms with E-state index in [9.17, 15) is 24.6 Å². The summed E-state index contributed by atoms with van der Waals surface area (Å²) in [6, 6.07) is -1.01. The Labute approximate surface area is 313 Å². The minimum absolute atomic E-state index is 0.0444. The maximum absolute atomic E-state index is 12.6. The number of aliphatic carboxylic acids is 1. The van der Waals surface area contributed by atoms with Crippen LogP contribution in [0.5, 0.6) is 0 Å². The Morgan fingerprint density at radius 1 is 0.784 bits per heavy atom. The average molecular weight is 738 g/mol. The second-order valence-electron chi connectivity index (χ2n) is 13.7. The monoisotopic (exact) mass is 737 g/mol. The maximum Gasteiger partial charge on any atom is 0.323 e. The molecule has 0 spiro atoms. The lowest BCUT2D eigenvalue weighted by Gasteiger charge is -2.21. The van der Waals surface area contributed by atoms with E-state index in [0.29, 0.717) is 12.8 Å². The summed E-state index contributed by atoms with van der Waals surface area (Å²) in [5.74, 6) is -1.14. The fraction of sp³-hybridized carbons (Fsp3) is 0.732. The van der Waals surface area contributed by atoms with Gasteiger partial charge >= 0.3 is 17.9 Å². The quantitative estimate of drug-likeness (QED) is 0.0218. The summed E-state index contributed by atoms with van der Waals surface area (Å²) in [7, 11) is 0. The summed E-state index contributed by atoms with van der Waals surface area (Å²) in [6.07, 6.45) is 32.0. The zero-order chi connectivity index (χ0) is 38.0. The van der Waals surface area contributed by atoms with Gasteiger partial charge in [0.1, 0.15) is 12.6 Å². The van der Waals surface area contributed by atoms with Crippen LogP contribution in [0.3, 0.4) is 0 Å². The Balaban J connectivity index is 4.58. The molecule has 0 aromatic carbocycles. The normalized spacial score (nSPS) is 14.6. The largest absolute Gasteiger partial charge is 0.481 e. The lowest BCUT2D eigenvalue weighted by atomic mass is 10.0. The SMILES string of the molecule is CCCCC/C=C\C\C=C/C=C/C=C/[C@@H](SC[C@H](N)C(=O)OC[C@H](CO)OC(=O)CCCCCCCCCCCC(C)C)[C@@H](O)CCCC(=O)O. The molecule has 51 heavy (non-hydrogen) atoms.